The van der Waals surface area contributed by atoms with Gasteiger partial charge in [-0.05, 0) is 66.0 Å². The molecule has 0 radical (unpaired) electrons. The molecule has 0 aromatic rings. The lowest BCUT2D eigenvalue weighted by atomic mass is 9.45. The average molecular weight is 385 g/mol. The van der Waals surface area contributed by atoms with Gasteiger partial charge in [-0.25, -0.2) is 0 Å². The van der Waals surface area contributed by atoms with Gasteiger partial charge in [0.2, 0.25) is 0 Å². The predicted molar refractivity (Wildman–Crippen MR) is 101 cm³/mol. The van der Waals surface area contributed by atoms with Crippen molar-refractivity contribution in [3.63, 3.8) is 0 Å². The number of fused-ring (bicyclic) bond motifs is 5. The van der Waals surface area contributed by atoms with E-state index in [0.717, 1.165) is 24.8 Å². The largest absolute Gasteiger partial charge is 0.458 e. The van der Waals surface area contributed by atoms with Gasteiger partial charge in [-0.15, -0.1) is 0 Å². The van der Waals surface area contributed by atoms with Crippen LogP contribution in [0, 0.1) is 28.6 Å². The molecule has 0 aromatic heterocycles. The zero-order valence-corrected chi connectivity index (χ0v) is 16.7. The molecule has 7 atom stereocenters. The first kappa shape index (κ1) is 19.2. The topological polar surface area (TPSA) is 109 Å². The molecule has 0 amide bonds. The molecule has 150 valence electrons. The normalized spacial score (nSPS) is 44.5. The molecule has 0 aromatic carbocycles. The number of carbonyl (C=O) groups is 3. The predicted octanol–water partition coefficient (Wildman–Crippen LogP) is 3.92. The summed E-state index contributed by atoms with van der Waals surface area (Å²) in [6.45, 7) is 5.55. The van der Waals surface area contributed by atoms with Gasteiger partial charge in [0.15, 0.2) is 5.78 Å². The summed E-state index contributed by atoms with van der Waals surface area (Å²) in [7, 11) is 0. The molecule has 0 bridgehead atoms. The Morgan fingerprint density at radius 3 is 2.57 bits per heavy atom. The molecule has 0 N–H and O–H groups in total. The number of carbonyl (C=O) groups excluding carboxylic acids is 3. The van der Waals surface area contributed by atoms with Gasteiger partial charge in [0.05, 0.1) is 6.04 Å². The molecular weight excluding hydrogens is 358 g/mol. The van der Waals surface area contributed by atoms with E-state index in [9.17, 15) is 19.9 Å². The molecule has 4 rings (SSSR count). The Morgan fingerprint density at radius 1 is 1.18 bits per heavy atom. The Hall–Kier alpha value is -2.14. The molecule has 0 heterocycles. The number of esters is 1. The van der Waals surface area contributed by atoms with Crippen LogP contribution in [0.25, 0.3) is 10.4 Å². The van der Waals surface area contributed by atoms with E-state index in [2.05, 4.69) is 23.9 Å². The monoisotopic (exact) mass is 385 g/mol. The van der Waals surface area contributed by atoms with E-state index in [-0.39, 0.29) is 29.0 Å². The lowest BCUT2D eigenvalue weighted by molar-refractivity contribution is -0.156. The van der Waals surface area contributed by atoms with Crippen LogP contribution in [0.1, 0.15) is 59.3 Å². The fourth-order valence-electron chi connectivity index (χ4n) is 6.83. The molecule has 0 spiro atoms. The molecule has 4 aliphatic rings. The van der Waals surface area contributed by atoms with E-state index in [1.165, 1.54) is 6.92 Å². The summed E-state index contributed by atoms with van der Waals surface area (Å²) in [6, 6.07) is -0.584. The Kier molecular flexibility index (Phi) is 4.42. The quantitative estimate of drug-likeness (QED) is 0.310. The highest BCUT2D eigenvalue weighted by molar-refractivity contribution is 5.92. The Bertz CT molecular complexity index is 830. The molecule has 0 saturated heterocycles. The first-order chi connectivity index (χ1) is 13.2. The molecule has 4 aliphatic carbocycles. The van der Waals surface area contributed by atoms with Crippen molar-refractivity contribution in [3.05, 3.63) is 22.1 Å². The summed E-state index contributed by atoms with van der Waals surface area (Å²) >= 11 is 0. The van der Waals surface area contributed by atoms with Crippen molar-refractivity contribution in [2.75, 3.05) is 0 Å². The first-order valence-corrected chi connectivity index (χ1v) is 10.2. The number of rotatable bonds is 2. The van der Waals surface area contributed by atoms with Crippen molar-refractivity contribution in [1.82, 2.24) is 0 Å². The summed E-state index contributed by atoms with van der Waals surface area (Å²) in [6.07, 6.45) is 5.10. The summed E-state index contributed by atoms with van der Waals surface area (Å²) in [4.78, 5) is 39.9. The summed E-state index contributed by atoms with van der Waals surface area (Å²) in [5, 5.41) is 4.11. The van der Waals surface area contributed by atoms with Crippen LogP contribution in [0.5, 0.6) is 0 Å². The third-order valence-electron chi connectivity index (χ3n) is 8.22. The smallest absolute Gasteiger partial charge is 0.303 e. The molecule has 0 aliphatic heterocycles. The van der Waals surface area contributed by atoms with E-state index in [1.54, 1.807) is 6.08 Å². The molecule has 0 unspecified atom stereocenters. The Balaban J connectivity index is 1.88. The van der Waals surface area contributed by atoms with E-state index in [0.29, 0.717) is 25.0 Å². The lowest BCUT2D eigenvalue weighted by Gasteiger charge is -2.60. The van der Waals surface area contributed by atoms with Crippen LogP contribution in [0.4, 0.5) is 0 Å². The van der Waals surface area contributed by atoms with Crippen LogP contribution in [0.3, 0.4) is 0 Å². The minimum atomic E-state index is -0.734. The number of hydrogen-bond donors (Lipinski definition) is 0. The van der Waals surface area contributed by atoms with Crippen molar-refractivity contribution < 1.29 is 19.1 Å². The second-order valence-electron chi connectivity index (χ2n) is 9.42. The summed E-state index contributed by atoms with van der Waals surface area (Å²) in [5.41, 5.74) is 9.41. The Morgan fingerprint density at radius 2 is 1.89 bits per heavy atom. The van der Waals surface area contributed by atoms with Crippen molar-refractivity contribution in [1.29, 1.82) is 0 Å². The number of ether oxygens (including phenoxy) is 1. The van der Waals surface area contributed by atoms with Crippen LogP contribution < -0.4 is 0 Å². The standard InChI is InChI=1S/C21H27N3O4/c1-11(25)28-19-15-10-12(26)6-8-20(15,2)14-7-9-21(3)13(4-5-16(21)27)17(14)18(19)23-24-22/h10,13-14,17-19H,4-9H2,1-3H3/t13-,14-,17-,18-,19-,20+,21-/m0/s1. The molecular formula is C21H27N3O4. The van der Waals surface area contributed by atoms with Crippen LogP contribution in [-0.4, -0.2) is 29.7 Å². The lowest BCUT2D eigenvalue weighted by Crippen LogP contribution is -2.60. The van der Waals surface area contributed by atoms with E-state index in [4.69, 9.17) is 4.74 Å². The zero-order valence-electron chi connectivity index (χ0n) is 16.7. The second kappa shape index (κ2) is 6.45. The van der Waals surface area contributed by atoms with Crippen molar-refractivity contribution in [2.24, 2.45) is 33.7 Å². The minimum absolute atomic E-state index is 0.0270. The van der Waals surface area contributed by atoms with Crippen molar-refractivity contribution >= 4 is 17.5 Å². The number of nitrogens with zero attached hydrogens (tertiary/aromatic N) is 3. The van der Waals surface area contributed by atoms with E-state index < -0.39 is 23.5 Å². The van der Waals surface area contributed by atoms with Gasteiger partial charge < -0.3 is 4.74 Å². The van der Waals surface area contributed by atoms with Crippen LogP contribution >= 0.6 is 0 Å². The maximum absolute atomic E-state index is 12.7. The van der Waals surface area contributed by atoms with Gasteiger partial charge in [0, 0.05) is 30.1 Å². The van der Waals surface area contributed by atoms with E-state index >= 15 is 0 Å². The average Bonchev–Trinajstić information content (AvgIpc) is 2.94. The highest BCUT2D eigenvalue weighted by Gasteiger charge is 2.64. The number of Topliss-reactive ketones (excluding diaryl/α,β-unsaturated/α-hetero) is 1. The highest BCUT2D eigenvalue weighted by atomic mass is 16.5. The molecule has 3 fully saturated rings. The molecule has 3 saturated carbocycles. The zero-order chi connectivity index (χ0) is 20.3. The van der Waals surface area contributed by atoms with Gasteiger partial charge in [-0.2, -0.15) is 0 Å². The second-order valence-corrected chi connectivity index (χ2v) is 9.42. The molecule has 28 heavy (non-hydrogen) atoms. The van der Waals surface area contributed by atoms with Gasteiger partial charge in [0.25, 0.3) is 0 Å². The van der Waals surface area contributed by atoms with Crippen molar-refractivity contribution in [2.45, 2.75) is 71.4 Å². The third-order valence-corrected chi connectivity index (χ3v) is 8.22. The van der Waals surface area contributed by atoms with Gasteiger partial charge >= 0.3 is 5.97 Å². The van der Waals surface area contributed by atoms with Crippen molar-refractivity contribution in [3.8, 4) is 0 Å². The van der Waals surface area contributed by atoms with Gasteiger partial charge in [-0.3, -0.25) is 14.4 Å². The Labute approximate surface area is 164 Å². The SMILES string of the molecule is CC(=O)O[C@H]1C2=CC(=O)CC[C@]2(C)[C@H]2CC[C@]3(C)C(=O)CC[C@H]3[C@@H]2[C@@H]1N=[N+]=[N-]. The number of ketones is 2. The van der Waals surface area contributed by atoms with Crippen LogP contribution in [0.2, 0.25) is 0 Å². The minimum Gasteiger partial charge on any atom is -0.458 e. The third kappa shape index (κ3) is 2.55. The van der Waals surface area contributed by atoms with Gasteiger partial charge in [0.1, 0.15) is 11.9 Å². The summed E-state index contributed by atoms with van der Waals surface area (Å²) in [5.74, 6) is 0.163. The molecule has 7 heteroatoms. The van der Waals surface area contributed by atoms with Gasteiger partial charge in [-0.1, -0.05) is 19.0 Å². The summed E-state index contributed by atoms with van der Waals surface area (Å²) < 4.78 is 5.69. The number of azide groups is 1. The van der Waals surface area contributed by atoms with E-state index in [1.807, 2.05) is 0 Å². The van der Waals surface area contributed by atoms with Crippen LogP contribution in [0.15, 0.2) is 16.8 Å². The first-order valence-electron chi connectivity index (χ1n) is 10.2. The fourth-order valence-corrected chi connectivity index (χ4v) is 6.83. The molecule has 7 nitrogen and oxygen atoms in total. The van der Waals surface area contributed by atoms with Crippen LogP contribution in [-0.2, 0) is 19.1 Å². The maximum Gasteiger partial charge on any atom is 0.303 e. The highest BCUT2D eigenvalue weighted by Crippen LogP contribution is 2.65. The fraction of sp³-hybridized carbons (Fsp3) is 0.762. The maximum atomic E-state index is 12.7. The number of hydrogen-bond acceptors (Lipinski definition) is 5.